The van der Waals surface area contributed by atoms with Gasteiger partial charge in [-0.3, -0.25) is 52.7 Å². The third-order valence-electron chi connectivity index (χ3n) is 41.3. The lowest BCUT2D eigenvalue weighted by Gasteiger charge is -2.76. The first kappa shape index (κ1) is 107. The molecule has 0 radical (unpaired) electrons. The zero-order chi connectivity index (χ0) is 100. The Bertz CT molecular complexity index is 4190. The molecule has 35 saturated carbocycles. The van der Waals surface area contributed by atoms with Crippen LogP contribution in [-0.2, 0) is 52.7 Å². The number of halogens is 2. The summed E-state index contributed by atoms with van der Waals surface area (Å²) in [5.74, 6) is 7.56. The van der Waals surface area contributed by atoms with Gasteiger partial charge in [-0.15, -0.1) is 23.2 Å². The smallest absolute Gasteiger partial charge is 0.219 e. The van der Waals surface area contributed by atoms with Crippen molar-refractivity contribution >= 4 is 88.2 Å². The lowest BCUT2D eigenvalue weighted by Crippen LogP contribution is -2.69. The lowest BCUT2D eigenvalue weighted by molar-refractivity contribution is -0.263. The van der Waals surface area contributed by atoms with Crippen molar-refractivity contribution in [2.24, 2.45) is 138 Å². The zero-order valence-corrected chi connectivity index (χ0v) is 91.3. The average molecular weight is 1930 g/mol. The van der Waals surface area contributed by atoms with Gasteiger partial charge < -0.3 is 56.0 Å². The Labute approximate surface area is 830 Å². The van der Waals surface area contributed by atoms with Gasteiger partial charge in [0.15, 0.2) is 0 Å². The van der Waals surface area contributed by atoms with Gasteiger partial charge in [0.05, 0.1) is 0 Å². The molecule has 0 aromatic heterocycles. The Morgan fingerprint density at radius 1 is 0.279 bits per heavy atom. The molecule has 11 amide bonds. The number of carbonyl (C=O) groups excluding carboxylic acids is 11. The van der Waals surface area contributed by atoms with Crippen molar-refractivity contribution < 1.29 is 52.7 Å². The van der Waals surface area contributed by atoms with E-state index in [1.807, 2.05) is 66.8 Å². The molecule has 0 unspecified atom stereocenters. The van der Waals surface area contributed by atoms with E-state index in [1.54, 1.807) is 81.1 Å². The number of amides is 11. The molecule has 0 aromatic rings. The Morgan fingerprint density at radius 2 is 0.471 bits per heavy atom. The summed E-state index contributed by atoms with van der Waals surface area (Å²) in [7, 11) is 11.5. The van der Waals surface area contributed by atoms with Crippen molar-refractivity contribution in [3.63, 3.8) is 0 Å². The number of carbonyl (C=O) groups is 11. The van der Waals surface area contributed by atoms with Crippen LogP contribution in [0.4, 0.5) is 0 Å². The van der Waals surface area contributed by atoms with Gasteiger partial charge >= 0.3 is 0 Å². The van der Waals surface area contributed by atoms with E-state index in [2.05, 4.69) is 88.9 Å². The van der Waals surface area contributed by atoms with Crippen molar-refractivity contribution in [2.45, 2.75) is 386 Å². The van der Waals surface area contributed by atoms with Crippen molar-refractivity contribution in [2.75, 3.05) is 114 Å². The Balaban J connectivity index is 0.000000120. The van der Waals surface area contributed by atoms with E-state index in [-0.39, 0.29) is 74.7 Å². The molecule has 0 saturated heterocycles. The zero-order valence-electron chi connectivity index (χ0n) is 89.8. The van der Waals surface area contributed by atoms with E-state index < -0.39 is 0 Å². The maximum Gasteiger partial charge on any atom is 0.219 e. The molecule has 0 heterocycles. The second kappa shape index (κ2) is 36.5. The molecule has 35 aliphatic rings. The molecule has 22 nitrogen and oxygen atoms in total. The minimum atomic E-state index is 0.0679. The summed E-state index contributed by atoms with van der Waals surface area (Å²) in [5, 5.41) is 14.5. The number of hydrogen-bond acceptors (Lipinski definition) is 11. The quantitative estimate of drug-likeness (QED) is 0.0508. The van der Waals surface area contributed by atoms with E-state index in [1.165, 1.54) is 199 Å². The lowest BCUT2D eigenvalue weighted by atomic mass is 9.29. The maximum absolute atomic E-state index is 11.2. The minimum Gasteiger partial charge on any atom is -0.356 e. The highest BCUT2D eigenvalue weighted by atomic mass is 35.5. The molecule has 5 N–H and O–H groups in total. The number of rotatable bonds is 26. The first-order valence-electron chi connectivity index (χ1n) is 53.5. The molecule has 768 valence electrons. The van der Waals surface area contributed by atoms with E-state index >= 15 is 0 Å². The number of alkyl halides is 2. The van der Waals surface area contributed by atoms with Crippen LogP contribution in [0.15, 0.2) is 0 Å². The van der Waals surface area contributed by atoms with Gasteiger partial charge in [0.25, 0.3) is 0 Å². The summed E-state index contributed by atoms with van der Waals surface area (Å²) >= 11 is 12.2. The molecule has 35 fully saturated rings. The monoisotopic (exact) mass is 1930 g/mol. The van der Waals surface area contributed by atoms with Crippen LogP contribution in [-0.4, -0.2) is 218 Å². The van der Waals surface area contributed by atoms with Gasteiger partial charge in [0.1, 0.15) is 0 Å². The van der Waals surface area contributed by atoms with Gasteiger partial charge in [0.2, 0.25) is 65.0 Å². The standard InChI is InChI=1S/C13H23NO.C12H19NO.C12H21NO.C11H17NO.C11H19NO.C10H17NO.C9H14ClNO.2C9H15NO.C8H12ClNO.C8H13NO/c1-10(15)14(5)9-12-6-13(7-12,8-12)11(2,3)4;1-9(14)13(2)8-11-5-12(6-11,7-11)10-3-4-10;1-9(2)12-5-11(6-12,7-12)8-13(4)10(3)14;1-8(13)12-7-10-4-11(5-10,6-10)9-2-3-9;1-8(2)11-4-10(5-11,6-11)7-12-9(3)13;1-8(12)11(3)7-10-4-9(2,5-10)6-10;1-7(12)11(2)6-8-3-9(10,4-8)5-8;1-7(11)10(2)6-9-3-8(4-9)5-9;1-7(11)10-6-9-3-8(2,4-9)5-9;1-6(11)10-5-7-2-8(9,3-7)4-7;1-6(10)9-5-8-2-7(3-8)4-8/h6-9H2,1-5H3;10H,3-8H2,1-2H3;9H,5-8H2,1-4H3;9H,2-7H2,1H3,(H,12,13);8H,4-7H2,1-3H3,(H,12,13);4-7H2,1-3H3;3-6H2,1-2H3;8H,3-6H2,1-2H3;3-6H2,1-2H3,(H,10,11);2-5H2,1H3,(H,10,11);7H,2-5H2,1H3,(H,9,10). The largest absolute Gasteiger partial charge is 0.356 e. The molecule has 0 aromatic carbocycles. The van der Waals surface area contributed by atoms with Crippen LogP contribution in [0.1, 0.15) is 376 Å². The van der Waals surface area contributed by atoms with Crippen molar-refractivity contribution in [3.05, 3.63) is 0 Å². The predicted molar refractivity (Wildman–Crippen MR) is 540 cm³/mol. The summed E-state index contributed by atoms with van der Waals surface area (Å²) in [6, 6.07) is 0. The predicted octanol–water partition coefficient (Wildman–Crippen LogP) is 18.7. The van der Waals surface area contributed by atoms with Gasteiger partial charge in [-0.2, -0.15) is 0 Å². The van der Waals surface area contributed by atoms with Crippen LogP contribution in [0, 0.1) is 138 Å². The first-order chi connectivity index (χ1) is 62.6. The van der Waals surface area contributed by atoms with Crippen LogP contribution in [0.25, 0.3) is 0 Å². The molecule has 0 atom stereocenters. The molecular formula is C112H185Cl2N11O11. The fraction of sp³-hybridized carbons (Fsp3) is 0.902. The average Bonchev–Trinajstić information content (AvgIpc) is 1.22. The summed E-state index contributed by atoms with van der Waals surface area (Å²) in [6.45, 7) is 49.3. The fourth-order valence-electron chi connectivity index (χ4n) is 34.0. The highest BCUT2D eigenvalue weighted by Crippen LogP contribution is 2.83. The number of hydrogen-bond donors (Lipinski definition) is 5. The van der Waals surface area contributed by atoms with Crippen LogP contribution in [0.2, 0.25) is 0 Å². The molecule has 136 heavy (non-hydrogen) atoms. The SMILES string of the molecule is CC(=O)N(C)CC12CC(C(C)(C)C)(C1)C2.CC(=O)N(C)CC12CC(C(C)C)(C1)C2.CC(=O)N(C)CC12CC(C)(C1)C2.CC(=O)N(C)CC12CC(C1)C2.CC(=O)N(C)CC12CC(C3CC3)(C1)C2.CC(=O)N(C)CC12CC(Cl)(C1)C2.CC(=O)NCC12CC(C(C)C)(C1)C2.CC(=O)NCC12CC(C)(C1)C2.CC(=O)NCC12CC(C1)C2.CC(=O)NCC12CC(C3CC3)(C1)C2.CC(=O)NCC12CC(Cl)(C1)C2. The van der Waals surface area contributed by atoms with Crippen LogP contribution >= 0.6 is 23.2 Å². The minimum absolute atomic E-state index is 0.0679. The first-order valence-corrected chi connectivity index (χ1v) is 54.2. The van der Waals surface area contributed by atoms with Crippen molar-refractivity contribution in [1.82, 2.24) is 56.0 Å². The molecule has 22 bridgehead atoms. The third-order valence-corrected chi connectivity index (χ3v) is 42.1. The Hall–Kier alpha value is -5.25. The highest BCUT2D eigenvalue weighted by Gasteiger charge is 2.76. The molecular weight excluding hydrogens is 1750 g/mol. The van der Waals surface area contributed by atoms with Crippen molar-refractivity contribution in [1.29, 1.82) is 0 Å². The summed E-state index contributed by atoms with van der Waals surface area (Å²) < 4.78 is 0. The van der Waals surface area contributed by atoms with E-state index in [4.69, 9.17) is 23.2 Å². The van der Waals surface area contributed by atoms with Crippen molar-refractivity contribution in [3.8, 4) is 0 Å². The molecule has 35 aliphatic carbocycles. The number of nitrogens with one attached hydrogen (secondary N) is 5. The number of nitrogens with zero attached hydrogens (tertiary/aromatic N) is 6. The van der Waals surface area contributed by atoms with Crippen LogP contribution in [0.5, 0.6) is 0 Å². The van der Waals surface area contributed by atoms with Gasteiger partial charge in [0, 0.05) is 200 Å². The van der Waals surface area contributed by atoms with E-state index in [0.717, 1.165) is 157 Å². The molecule has 0 aliphatic heterocycles. The summed E-state index contributed by atoms with van der Waals surface area (Å²) in [4.78, 5) is 131. The normalized spacial score (nSPS) is 42.2. The van der Waals surface area contributed by atoms with E-state index in [0.29, 0.717) is 92.1 Å². The van der Waals surface area contributed by atoms with Crippen LogP contribution in [0.3, 0.4) is 0 Å². The maximum atomic E-state index is 11.2. The molecule has 35 rings (SSSR count). The van der Waals surface area contributed by atoms with Gasteiger partial charge in [-0.05, 0) is 376 Å². The topological polar surface area (TPSA) is 267 Å². The van der Waals surface area contributed by atoms with Gasteiger partial charge in [-0.25, -0.2) is 0 Å². The van der Waals surface area contributed by atoms with Gasteiger partial charge in [-0.1, -0.05) is 62.3 Å². The summed E-state index contributed by atoms with van der Waals surface area (Å²) in [5.41, 5.74) is 10.9. The second-order valence-electron chi connectivity index (χ2n) is 56.8. The Morgan fingerprint density at radius 3 is 0.691 bits per heavy atom. The Kier molecular flexibility index (Phi) is 28.6. The third kappa shape index (κ3) is 21.9. The highest BCUT2D eigenvalue weighted by molar-refractivity contribution is 6.26. The molecule has 0 spiro atoms. The summed E-state index contributed by atoms with van der Waals surface area (Å²) in [6.07, 6.45) is 49.4. The second-order valence-corrected chi connectivity index (χ2v) is 58.4. The molecule has 24 heteroatoms. The fourth-order valence-corrected chi connectivity index (χ4v) is 35.7. The van der Waals surface area contributed by atoms with E-state index in [9.17, 15) is 52.7 Å². The van der Waals surface area contributed by atoms with Crippen LogP contribution < -0.4 is 26.6 Å².